The Bertz CT molecular complexity index is 1030. The van der Waals surface area contributed by atoms with Crippen molar-refractivity contribution < 1.29 is 4.42 Å². The fourth-order valence-electron chi connectivity index (χ4n) is 4.51. The van der Waals surface area contributed by atoms with E-state index >= 15 is 0 Å². The maximum Gasteiger partial charge on any atom is 0.137 e. The minimum Gasteiger partial charge on any atom is -0.465 e. The fraction of sp³-hybridized carbons (Fsp3) is 0.500. The van der Waals surface area contributed by atoms with Gasteiger partial charge in [-0.2, -0.15) is 5.10 Å². The van der Waals surface area contributed by atoms with Gasteiger partial charge in [-0.25, -0.2) is 4.68 Å². The molecule has 0 saturated carbocycles. The zero-order chi connectivity index (χ0) is 22.7. The summed E-state index contributed by atoms with van der Waals surface area (Å²) in [5.74, 6) is 3.25. The van der Waals surface area contributed by atoms with Crippen LogP contribution in [0, 0.1) is 13.8 Å². The minimum absolute atomic E-state index is 0.811. The van der Waals surface area contributed by atoms with E-state index in [2.05, 4.69) is 77.5 Å². The summed E-state index contributed by atoms with van der Waals surface area (Å²) < 4.78 is 8.07. The van der Waals surface area contributed by atoms with Crippen LogP contribution in [0.1, 0.15) is 42.2 Å². The number of benzene rings is 1. The first-order valence-electron chi connectivity index (χ1n) is 11.9. The van der Waals surface area contributed by atoms with Crippen LogP contribution in [0.5, 0.6) is 0 Å². The molecule has 1 fully saturated rings. The first-order valence-corrected chi connectivity index (χ1v) is 11.9. The molecule has 0 amide bonds. The zero-order valence-electron chi connectivity index (χ0n) is 20.3. The average molecular weight is 436 g/mol. The van der Waals surface area contributed by atoms with Crippen molar-refractivity contribution in [2.24, 2.45) is 0 Å². The van der Waals surface area contributed by atoms with Crippen LogP contribution >= 0.6 is 0 Å². The van der Waals surface area contributed by atoms with E-state index in [1.165, 1.54) is 22.6 Å². The second-order valence-corrected chi connectivity index (χ2v) is 8.96. The van der Waals surface area contributed by atoms with Crippen molar-refractivity contribution >= 4 is 5.82 Å². The number of hydrogen-bond donors (Lipinski definition) is 0. The Kier molecular flexibility index (Phi) is 7.01. The summed E-state index contributed by atoms with van der Waals surface area (Å²) in [6.45, 7) is 15.4. The standard InChI is InChI=1S/C26H37N5O/c1-6-25-24(19-29(7-2)18-23-12-11-21(4)32-23)26(30-15-13-28(5)14-16-30)31(27-25)22-10-8-9-20(3)17-22/h8-12,17H,6-7,13-16,18-19H2,1-5H3. The Hall–Kier alpha value is -2.57. The fourth-order valence-corrected chi connectivity index (χ4v) is 4.51. The van der Waals surface area contributed by atoms with Crippen LogP contribution in [0.4, 0.5) is 5.82 Å². The number of hydrogen-bond acceptors (Lipinski definition) is 5. The molecule has 1 aliphatic heterocycles. The van der Waals surface area contributed by atoms with Gasteiger partial charge in [0.1, 0.15) is 17.3 Å². The largest absolute Gasteiger partial charge is 0.465 e. The predicted molar refractivity (Wildman–Crippen MR) is 131 cm³/mol. The second kappa shape index (κ2) is 9.92. The third-order valence-electron chi connectivity index (χ3n) is 6.43. The molecule has 3 heterocycles. The van der Waals surface area contributed by atoms with E-state index in [1.807, 2.05) is 13.0 Å². The van der Waals surface area contributed by atoms with Gasteiger partial charge in [0.05, 0.1) is 17.9 Å². The van der Waals surface area contributed by atoms with Gasteiger partial charge < -0.3 is 14.2 Å². The molecule has 0 N–H and O–H groups in total. The zero-order valence-corrected chi connectivity index (χ0v) is 20.3. The molecule has 6 heteroatoms. The van der Waals surface area contributed by atoms with Gasteiger partial charge in [0, 0.05) is 38.3 Å². The van der Waals surface area contributed by atoms with Gasteiger partial charge in [-0.1, -0.05) is 26.0 Å². The Labute approximate surface area is 192 Å². The van der Waals surface area contributed by atoms with E-state index in [4.69, 9.17) is 9.52 Å². The van der Waals surface area contributed by atoms with Gasteiger partial charge in [0.25, 0.3) is 0 Å². The number of nitrogens with zero attached hydrogens (tertiary/aromatic N) is 5. The summed E-state index contributed by atoms with van der Waals surface area (Å²) >= 11 is 0. The highest BCUT2D eigenvalue weighted by atomic mass is 16.3. The Morgan fingerprint density at radius 3 is 2.41 bits per heavy atom. The normalized spacial score (nSPS) is 15.1. The van der Waals surface area contributed by atoms with Gasteiger partial charge in [-0.3, -0.25) is 4.90 Å². The van der Waals surface area contributed by atoms with Gasteiger partial charge >= 0.3 is 0 Å². The highest BCUT2D eigenvalue weighted by Crippen LogP contribution is 2.31. The molecule has 0 spiro atoms. The smallest absolute Gasteiger partial charge is 0.137 e. The summed E-state index contributed by atoms with van der Waals surface area (Å²) in [6.07, 6.45) is 0.923. The summed E-state index contributed by atoms with van der Waals surface area (Å²) in [6, 6.07) is 12.8. The quantitative estimate of drug-likeness (QED) is 0.524. The number of furan rings is 1. The Morgan fingerprint density at radius 1 is 1.00 bits per heavy atom. The molecule has 172 valence electrons. The minimum atomic E-state index is 0.811. The summed E-state index contributed by atoms with van der Waals surface area (Å²) in [5.41, 5.74) is 4.94. The lowest BCUT2D eigenvalue weighted by molar-refractivity contribution is 0.245. The van der Waals surface area contributed by atoms with Crippen LogP contribution in [-0.2, 0) is 19.5 Å². The van der Waals surface area contributed by atoms with Crippen molar-refractivity contribution in [1.82, 2.24) is 19.6 Å². The Balaban J connectivity index is 1.73. The van der Waals surface area contributed by atoms with E-state index in [0.29, 0.717) is 0 Å². The van der Waals surface area contributed by atoms with Crippen LogP contribution in [0.25, 0.3) is 5.69 Å². The highest BCUT2D eigenvalue weighted by molar-refractivity contribution is 5.56. The van der Waals surface area contributed by atoms with Gasteiger partial charge in [-0.15, -0.1) is 0 Å². The lowest BCUT2D eigenvalue weighted by Crippen LogP contribution is -2.45. The SMILES string of the molecule is CCc1nn(-c2cccc(C)c2)c(N2CCN(C)CC2)c1CN(CC)Cc1ccc(C)o1. The molecule has 0 unspecified atom stereocenters. The van der Waals surface area contributed by atoms with E-state index in [-0.39, 0.29) is 0 Å². The van der Waals surface area contributed by atoms with Gasteiger partial charge in [0.2, 0.25) is 0 Å². The predicted octanol–water partition coefficient (Wildman–Crippen LogP) is 4.42. The summed E-state index contributed by atoms with van der Waals surface area (Å²) in [5, 5.41) is 5.14. The molecule has 1 aliphatic rings. The lowest BCUT2D eigenvalue weighted by atomic mass is 10.1. The third-order valence-corrected chi connectivity index (χ3v) is 6.43. The van der Waals surface area contributed by atoms with Crippen molar-refractivity contribution in [3.63, 3.8) is 0 Å². The monoisotopic (exact) mass is 435 g/mol. The molecule has 6 nitrogen and oxygen atoms in total. The van der Waals surface area contributed by atoms with Crippen LogP contribution in [0.2, 0.25) is 0 Å². The van der Waals surface area contributed by atoms with E-state index in [9.17, 15) is 0 Å². The van der Waals surface area contributed by atoms with Gasteiger partial charge in [0.15, 0.2) is 0 Å². The molecule has 4 rings (SSSR count). The molecule has 32 heavy (non-hydrogen) atoms. The first kappa shape index (κ1) is 22.6. The molecule has 2 aromatic heterocycles. The van der Waals surface area contributed by atoms with E-state index < -0.39 is 0 Å². The molecule has 0 bridgehead atoms. The number of aromatic nitrogens is 2. The summed E-state index contributed by atoms with van der Waals surface area (Å²) in [4.78, 5) is 7.39. The average Bonchev–Trinajstić information content (AvgIpc) is 3.37. The molecular formula is C26H37N5O. The van der Waals surface area contributed by atoms with Crippen molar-refractivity contribution in [1.29, 1.82) is 0 Å². The lowest BCUT2D eigenvalue weighted by Gasteiger charge is -2.35. The topological polar surface area (TPSA) is 40.7 Å². The van der Waals surface area contributed by atoms with Crippen molar-refractivity contribution in [2.75, 3.05) is 44.7 Å². The molecule has 3 aromatic rings. The van der Waals surface area contributed by atoms with Crippen molar-refractivity contribution in [2.45, 2.75) is 47.2 Å². The number of aryl methyl sites for hydroxylation is 3. The first-order chi connectivity index (χ1) is 15.5. The number of anilines is 1. The maximum absolute atomic E-state index is 5.88. The molecule has 1 aromatic carbocycles. The van der Waals surface area contributed by atoms with Crippen LogP contribution < -0.4 is 4.90 Å². The molecule has 1 saturated heterocycles. The Morgan fingerprint density at radius 2 is 1.78 bits per heavy atom. The highest BCUT2D eigenvalue weighted by Gasteiger charge is 2.26. The van der Waals surface area contributed by atoms with Crippen LogP contribution in [0.3, 0.4) is 0 Å². The van der Waals surface area contributed by atoms with E-state index in [1.54, 1.807) is 0 Å². The maximum atomic E-state index is 5.88. The number of likely N-dealkylation sites (N-methyl/N-ethyl adjacent to an activating group) is 1. The van der Waals surface area contributed by atoms with Gasteiger partial charge in [-0.05, 0) is 63.7 Å². The van der Waals surface area contributed by atoms with Crippen molar-refractivity contribution in [3.05, 3.63) is 64.7 Å². The molecule has 0 atom stereocenters. The van der Waals surface area contributed by atoms with Crippen LogP contribution in [0.15, 0.2) is 40.8 Å². The van der Waals surface area contributed by atoms with E-state index in [0.717, 1.165) is 69.4 Å². The molecule has 0 aliphatic carbocycles. The molecule has 0 radical (unpaired) electrons. The molecular weight excluding hydrogens is 398 g/mol. The third kappa shape index (κ3) is 4.92. The summed E-state index contributed by atoms with van der Waals surface area (Å²) in [7, 11) is 2.21. The number of piperazine rings is 1. The number of rotatable bonds is 8. The van der Waals surface area contributed by atoms with Crippen LogP contribution in [-0.4, -0.2) is 59.4 Å². The van der Waals surface area contributed by atoms with Crippen molar-refractivity contribution in [3.8, 4) is 5.69 Å². The second-order valence-electron chi connectivity index (χ2n) is 8.96.